The van der Waals surface area contributed by atoms with Crippen molar-refractivity contribution in [2.45, 2.75) is 6.54 Å². The van der Waals surface area contributed by atoms with Gasteiger partial charge in [-0.25, -0.2) is 14.1 Å². The van der Waals surface area contributed by atoms with Crippen molar-refractivity contribution in [3.63, 3.8) is 0 Å². The highest BCUT2D eigenvalue weighted by molar-refractivity contribution is 7.24. The number of hydrogen-bond acceptors (Lipinski definition) is 3. The van der Waals surface area contributed by atoms with Crippen molar-refractivity contribution in [1.29, 1.82) is 0 Å². The van der Waals surface area contributed by atoms with Gasteiger partial charge < -0.3 is 0 Å². The van der Waals surface area contributed by atoms with Crippen LogP contribution >= 0.6 is 11.3 Å². The molecule has 5 rings (SSSR count). The Balaban J connectivity index is 1.99. The van der Waals surface area contributed by atoms with Crippen molar-refractivity contribution in [2.24, 2.45) is 7.05 Å². The normalized spacial score (nSPS) is 13.1. The SMILES string of the molecule is C[n+]1c2n(c3c4cccnc4sc31)Cc1ccncc1-2. The van der Waals surface area contributed by atoms with Gasteiger partial charge in [0.05, 0.1) is 18.0 Å². The lowest BCUT2D eigenvalue weighted by atomic mass is 10.2. The molecule has 5 heterocycles. The second-order valence-electron chi connectivity index (χ2n) is 5.11. The summed E-state index contributed by atoms with van der Waals surface area (Å²) in [7, 11) is 2.13. The van der Waals surface area contributed by atoms with Gasteiger partial charge in [0.25, 0.3) is 5.82 Å². The highest BCUT2D eigenvalue weighted by Gasteiger charge is 2.34. The van der Waals surface area contributed by atoms with E-state index in [1.54, 1.807) is 11.3 Å². The molecule has 1 aliphatic heterocycles. The Labute approximate surface area is 119 Å². The zero-order chi connectivity index (χ0) is 13.3. The summed E-state index contributed by atoms with van der Waals surface area (Å²) in [6.07, 6.45) is 5.70. The third-order valence-corrected chi connectivity index (χ3v) is 5.23. The molecular weight excluding hydrogens is 268 g/mol. The molecule has 0 unspecified atom stereocenters. The number of imidazole rings is 1. The molecule has 4 nitrogen and oxygen atoms in total. The Kier molecular flexibility index (Phi) is 1.80. The van der Waals surface area contributed by atoms with Crippen molar-refractivity contribution in [3.05, 3.63) is 42.4 Å². The number of pyridine rings is 2. The number of fused-ring (bicyclic) bond motifs is 7. The van der Waals surface area contributed by atoms with Gasteiger partial charge in [-0.15, -0.1) is 0 Å². The molecule has 4 aromatic rings. The summed E-state index contributed by atoms with van der Waals surface area (Å²) in [5.74, 6) is 1.25. The van der Waals surface area contributed by atoms with Gasteiger partial charge in [0.2, 0.25) is 4.83 Å². The molecule has 96 valence electrons. The number of thiophene rings is 1. The standard InChI is InChI=1S/C15H11N4S/c1-18-14-11-7-16-6-4-9(11)8-19(14)12-10-3-2-5-17-13(10)20-15(12)18/h2-7H,8H2,1H3/q+1. The summed E-state index contributed by atoms with van der Waals surface area (Å²) >= 11 is 1.76. The Bertz CT molecular complexity index is 996. The second-order valence-corrected chi connectivity index (χ2v) is 6.09. The van der Waals surface area contributed by atoms with Gasteiger partial charge in [-0.3, -0.25) is 4.98 Å². The summed E-state index contributed by atoms with van der Waals surface area (Å²) in [4.78, 5) is 11.2. The van der Waals surface area contributed by atoms with Crippen molar-refractivity contribution < 1.29 is 4.57 Å². The van der Waals surface area contributed by atoms with Crippen LogP contribution in [0.1, 0.15) is 5.56 Å². The summed E-state index contributed by atoms with van der Waals surface area (Å²) in [5.41, 5.74) is 3.89. The third-order valence-electron chi connectivity index (χ3n) is 4.05. The van der Waals surface area contributed by atoms with Crippen LogP contribution in [0.4, 0.5) is 0 Å². The van der Waals surface area contributed by atoms with E-state index in [-0.39, 0.29) is 0 Å². The van der Waals surface area contributed by atoms with Crippen LogP contribution in [-0.2, 0) is 13.6 Å². The van der Waals surface area contributed by atoms with Crippen LogP contribution in [0.25, 0.3) is 32.0 Å². The molecule has 20 heavy (non-hydrogen) atoms. The summed E-state index contributed by atoms with van der Waals surface area (Å²) in [6.45, 7) is 0.922. The average Bonchev–Trinajstić information content (AvgIpc) is 3.10. The van der Waals surface area contributed by atoms with E-state index in [2.05, 4.69) is 38.3 Å². The maximum Gasteiger partial charge on any atom is 0.292 e. The van der Waals surface area contributed by atoms with Gasteiger partial charge in [0, 0.05) is 24.2 Å². The molecule has 0 aromatic carbocycles. The van der Waals surface area contributed by atoms with Crippen LogP contribution in [0.5, 0.6) is 0 Å². The van der Waals surface area contributed by atoms with Crippen LogP contribution in [0, 0.1) is 0 Å². The maximum atomic E-state index is 4.49. The zero-order valence-electron chi connectivity index (χ0n) is 10.9. The van der Waals surface area contributed by atoms with E-state index in [1.165, 1.54) is 32.7 Å². The molecule has 0 saturated carbocycles. The van der Waals surface area contributed by atoms with Crippen LogP contribution in [-0.4, -0.2) is 14.5 Å². The minimum absolute atomic E-state index is 0.922. The first-order chi connectivity index (χ1) is 9.84. The molecular formula is C15H11N4S+. The number of rotatable bonds is 0. The largest absolute Gasteiger partial charge is 0.292 e. The van der Waals surface area contributed by atoms with E-state index in [0.29, 0.717) is 0 Å². The molecule has 0 aliphatic carbocycles. The Morgan fingerprint density at radius 1 is 1.30 bits per heavy atom. The first-order valence-corrected chi connectivity index (χ1v) is 7.35. The number of nitrogens with zero attached hydrogens (tertiary/aromatic N) is 4. The fourth-order valence-electron chi connectivity index (χ4n) is 3.19. The predicted octanol–water partition coefficient (Wildman–Crippen LogP) is 2.50. The molecule has 5 heteroatoms. The minimum atomic E-state index is 0.922. The Morgan fingerprint density at radius 2 is 2.25 bits per heavy atom. The molecule has 0 spiro atoms. The van der Waals surface area contributed by atoms with Crippen molar-refractivity contribution in [2.75, 3.05) is 0 Å². The summed E-state index contributed by atoms with van der Waals surface area (Å²) in [5, 5.41) is 1.25. The monoisotopic (exact) mass is 279 g/mol. The van der Waals surface area contributed by atoms with Gasteiger partial charge in [0.15, 0.2) is 5.52 Å². The summed E-state index contributed by atoms with van der Waals surface area (Å²) < 4.78 is 4.66. The number of hydrogen-bond donors (Lipinski definition) is 0. The highest BCUT2D eigenvalue weighted by atomic mass is 32.1. The van der Waals surface area contributed by atoms with Crippen LogP contribution in [0.2, 0.25) is 0 Å². The molecule has 0 N–H and O–H groups in total. The van der Waals surface area contributed by atoms with E-state index in [1.807, 2.05) is 24.7 Å². The quantitative estimate of drug-likeness (QED) is 0.408. The first kappa shape index (κ1) is 10.5. The van der Waals surface area contributed by atoms with E-state index < -0.39 is 0 Å². The van der Waals surface area contributed by atoms with E-state index in [4.69, 9.17) is 0 Å². The smallest absolute Gasteiger partial charge is 0.264 e. The maximum absolute atomic E-state index is 4.49. The van der Waals surface area contributed by atoms with Crippen LogP contribution in [0.15, 0.2) is 36.8 Å². The lowest BCUT2D eigenvalue weighted by Gasteiger charge is -1.93. The lowest BCUT2D eigenvalue weighted by molar-refractivity contribution is -0.631. The number of aromatic nitrogens is 4. The molecule has 0 fully saturated rings. The molecule has 4 aromatic heterocycles. The molecule has 0 amide bonds. The zero-order valence-corrected chi connectivity index (χ0v) is 11.7. The number of aryl methyl sites for hydroxylation is 1. The predicted molar refractivity (Wildman–Crippen MR) is 78.6 cm³/mol. The molecule has 0 bridgehead atoms. The van der Waals surface area contributed by atoms with Crippen molar-refractivity contribution >= 4 is 31.9 Å². The molecule has 0 saturated heterocycles. The minimum Gasteiger partial charge on any atom is -0.264 e. The fraction of sp³-hybridized carbons (Fsp3) is 0.133. The van der Waals surface area contributed by atoms with Gasteiger partial charge in [0.1, 0.15) is 11.4 Å². The van der Waals surface area contributed by atoms with Gasteiger partial charge in [-0.2, -0.15) is 0 Å². The summed E-state index contributed by atoms with van der Waals surface area (Å²) in [6, 6.07) is 6.29. The molecule has 0 radical (unpaired) electrons. The fourth-order valence-corrected chi connectivity index (χ4v) is 4.30. The van der Waals surface area contributed by atoms with Crippen LogP contribution in [0.3, 0.4) is 0 Å². The molecule has 1 aliphatic rings. The lowest BCUT2D eigenvalue weighted by Crippen LogP contribution is -2.28. The van der Waals surface area contributed by atoms with Gasteiger partial charge >= 0.3 is 0 Å². The Morgan fingerprint density at radius 3 is 3.20 bits per heavy atom. The average molecular weight is 279 g/mol. The van der Waals surface area contributed by atoms with Crippen molar-refractivity contribution in [1.82, 2.24) is 14.5 Å². The molecule has 0 atom stereocenters. The highest BCUT2D eigenvalue weighted by Crippen LogP contribution is 2.38. The van der Waals surface area contributed by atoms with E-state index in [0.717, 1.165) is 11.4 Å². The first-order valence-electron chi connectivity index (χ1n) is 6.53. The van der Waals surface area contributed by atoms with Crippen molar-refractivity contribution in [3.8, 4) is 11.4 Å². The van der Waals surface area contributed by atoms with Crippen LogP contribution < -0.4 is 4.57 Å². The topological polar surface area (TPSA) is 34.6 Å². The van der Waals surface area contributed by atoms with E-state index >= 15 is 0 Å². The van der Waals surface area contributed by atoms with Gasteiger partial charge in [-0.05, 0) is 18.2 Å². The van der Waals surface area contributed by atoms with Gasteiger partial charge in [-0.1, -0.05) is 11.3 Å². The Hall–Kier alpha value is -2.27. The van der Waals surface area contributed by atoms with E-state index in [9.17, 15) is 0 Å². The third kappa shape index (κ3) is 1.10. The second kappa shape index (κ2) is 3.43.